The highest BCUT2D eigenvalue weighted by Gasteiger charge is 2.04. The number of nitrogens with two attached hydrogens (primary N) is 1. The molecular weight excluding hydrogens is 248 g/mol. The van der Waals surface area contributed by atoms with Crippen LogP contribution in [0.2, 0.25) is 0 Å². The summed E-state index contributed by atoms with van der Waals surface area (Å²) >= 11 is 0. The Bertz CT molecular complexity index is 538. The standard InChI is InChI=1S/C11H14N6O2/c1-7(15-13-6-18)9-4-3-5-10(14-9)8(2)16-17-11(12)19/h3-6H,1-2H3,(H,13,18)(H3,12,17,19)/b15-7+,16-8+. The van der Waals surface area contributed by atoms with Crippen LogP contribution < -0.4 is 16.6 Å². The van der Waals surface area contributed by atoms with Gasteiger partial charge in [0.25, 0.3) is 0 Å². The van der Waals surface area contributed by atoms with Crippen LogP contribution in [0.25, 0.3) is 0 Å². The quantitative estimate of drug-likeness (QED) is 0.391. The first kappa shape index (κ1) is 14.3. The Hall–Kier alpha value is -2.77. The zero-order chi connectivity index (χ0) is 14.3. The topological polar surface area (TPSA) is 122 Å². The number of pyridine rings is 1. The Morgan fingerprint density at radius 1 is 1.26 bits per heavy atom. The van der Waals surface area contributed by atoms with Crippen LogP contribution in [-0.4, -0.2) is 28.8 Å². The van der Waals surface area contributed by atoms with E-state index >= 15 is 0 Å². The third-order valence-corrected chi connectivity index (χ3v) is 2.11. The van der Waals surface area contributed by atoms with Gasteiger partial charge in [-0.05, 0) is 26.0 Å². The summed E-state index contributed by atoms with van der Waals surface area (Å²) in [4.78, 5) is 25.0. The molecule has 0 aliphatic rings. The maximum atomic E-state index is 10.6. The third kappa shape index (κ3) is 4.54. The molecule has 0 atom stereocenters. The lowest BCUT2D eigenvalue weighted by Gasteiger charge is -2.04. The van der Waals surface area contributed by atoms with Gasteiger partial charge >= 0.3 is 6.03 Å². The van der Waals surface area contributed by atoms with Crippen molar-refractivity contribution in [2.75, 3.05) is 0 Å². The lowest BCUT2D eigenvalue weighted by Crippen LogP contribution is -2.25. The van der Waals surface area contributed by atoms with Crippen molar-refractivity contribution in [3.05, 3.63) is 29.6 Å². The highest BCUT2D eigenvalue weighted by Crippen LogP contribution is 2.02. The summed E-state index contributed by atoms with van der Waals surface area (Å²) in [5.41, 5.74) is 11.4. The molecule has 0 saturated carbocycles. The van der Waals surface area contributed by atoms with Crippen LogP contribution in [0.3, 0.4) is 0 Å². The minimum absolute atomic E-state index is 0.469. The van der Waals surface area contributed by atoms with Crippen molar-refractivity contribution in [2.45, 2.75) is 13.8 Å². The minimum atomic E-state index is -0.747. The Labute approximate surface area is 109 Å². The fraction of sp³-hybridized carbons (Fsp3) is 0.182. The third-order valence-electron chi connectivity index (χ3n) is 2.11. The Morgan fingerprint density at radius 2 is 1.84 bits per heavy atom. The van der Waals surface area contributed by atoms with E-state index in [4.69, 9.17) is 5.73 Å². The van der Waals surface area contributed by atoms with Crippen molar-refractivity contribution in [3.63, 3.8) is 0 Å². The monoisotopic (exact) mass is 262 g/mol. The Morgan fingerprint density at radius 3 is 2.37 bits per heavy atom. The number of aromatic nitrogens is 1. The molecule has 8 nitrogen and oxygen atoms in total. The van der Waals surface area contributed by atoms with E-state index in [-0.39, 0.29) is 0 Å². The van der Waals surface area contributed by atoms with Gasteiger partial charge in [0.2, 0.25) is 6.41 Å². The van der Waals surface area contributed by atoms with E-state index in [0.29, 0.717) is 29.2 Å². The fourth-order valence-corrected chi connectivity index (χ4v) is 1.21. The summed E-state index contributed by atoms with van der Waals surface area (Å²) < 4.78 is 0. The molecule has 4 N–H and O–H groups in total. The van der Waals surface area contributed by atoms with Gasteiger partial charge in [-0.3, -0.25) is 4.79 Å². The molecule has 0 aliphatic heterocycles. The van der Waals surface area contributed by atoms with Crippen LogP contribution in [0.4, 0.5) is 4.79 Å². The Kier molecular flexibility index (Phi) is 5.15. The second-order valence-corrected chi connectivity index (χ2v) is 3.53. The molecule has 0 fully saturated rings. The highest BCUT2D eigenvalue weighted by molar-refractivity contribution is 6.01. The molecule has 0 unspecified atom stereocenters. The van der Waals surface area contributed by atoms with Gasteiger partial charge in [-0.2, -0.15) is 10.2 Å². The first-order valence-corrected chi connectivity index (χ1v) is 5.35. The zero-order valence-electron chi connectivity index (χ0n) is 10.5. The summed E-state index contributed by atoms with van der Waals surface area (Å²) in [7, 11) is 0. The largest absolute Gasteiger partial charge is 0.350 e. The molecule has 0 bridgehead atoms. The lowest BCUT2D eigenvalue weighted by molar-refractivity contribution is -0.109. The van der Waals surface area contributed by atoms with Gasteiger partial charge in [0.15, 0.2) is 0 Å². The van der Waals surface area contributed by atoms with Gasteiger partial charge < -0.3 is 5.73 Å². The predicted octanol–water partition coefficient (Wildman–Crippen LogP) is -0.0561. The summed E-state index contributed by atoms with van der Waals surface area (Å²) in [6, 6.07) is 4.49. The maximum Gasteiger partial charge on any atom is 0.332 e. The number of urea groups is 1. The van der Waals surface area contributed by atoms with Crippen LogP contribution >= 0.6 is 0 Å². The van der Waals surface area contributed by atoms with Crippen molar-refractivity contribution in [1.29, 1.82) is 0 Å². The molecule has 0 aliphatic carbocycles. The molecule has 1 heterocycles. The normalized spacial score (nSPS) is 11.9. The predicted molar refractivity (Wildman–Crippen MR) is 70.6 cm³/mol. The Balaban J connectivity index is 2.96. The number of primary amides is 1. The van der Waals surface area contributed by atoms with Gasteiger partial charge in [-0.25, -0.2) is 20.6 Å². The smallest absolute Gasteiger partial charge is 0.332 e. The van der Waals surface area contributed by atoms with Gasteiger partial charge in [0, 0.05) is 0 Å². The molecule has 8 heteroatoms. The second kappa shape index (κ2) is 6.84. The maximum absolute atomic E-state index is 10.6. The van der Waals surface area contributed by atoms with E-state index in [2.05, 4.69) is 26.0 Å². The molecule has 1 rings (SSSR count). The minimum Gasteiger partial charge on any atom is -0.350 e. The summed E-state index contributed by atoms with van der Waals surface area (Å²) in [6.07, 6.45) is 0.469. The molecule has 0 radical (unpaired) electrons. The van der Waals surface area contributed by atoms with Gasteiger partial charge in [0.05, 0.1) is 22.8 Å². The number of hydrogen-bond acceptors (Lipinski definition) is 5. The van der Waals surface area contributed by atoms with Crippen molar-refractivity contribution >= 4 is 23.9 Å². The van der Waals surface area contributed by atoms with Crippen LogP contribution in [0.1, 0.15) is 25.2 Å². The van der Waals surface area contributed by atoms with E-state index < -0.39 is 6.03 Å². The van der Waals surface area contributed by atoms with Crippen LogP contribution in [0.5, 0.6) is 0 Å². The number of carbonyl (C=O) groups excluding carboxylic acids is 2. The van der Waals surface area contributed by atoms with Crippen molar-refractivity contribution in [3.8, 4) is 0 Å². The van der Waals surface area contributed by atoms with Gasteiger partial charge in [0.1, 0.15) is 0 Å². The van der Waals surface area contributed by atoms with Crippen molar-refractivity contribution in [2.24, 2.45) is 15.9 Å². The average Bonchev–Trinajstić information content (AvgIpc) is 2.42. The molecule has 19 heavy (non-hydrogen) atoms. The first-order valence-electron chi connectivity index (χ1n) is 5.35. The molecule has 3 amide bonds. The number of hydrazone groups is 2. The molecular formula is C11H14N6O2. The molecule has 0 spiro atoms. The van der Waals surface area contributed by atoms with Crippen LogP contribution in [-0.2, 0) is 4.79 Å². The summed E-state index contributed by atoms with van der Waals surface area (Å²) in [5.74, 6) is 0. The van der Waals surface area contributed by atoms with Crippen molar-refractivity contribution in [1.82, 2.24) is 15.8 Å². The van der Waals surface area contributed by atoms with Gasteiger partial charge in [-0.1, -0.05) is 6.07 Å². The number of nitrogens with one attached hydrogen (secondary N) is 2. The summed E-state index contributed by atoms with van der Waals surface area (Å²) in [6.45, 7) is 3.38. The van der Waals surface area contributed by atoms with E-state index in [1.165, 1.54) is 0 Å². The van der Waals surface area contributed by atoms with Gasteiger partial charge in [-0.15, -0.1) is 0 Å². The van der Waals surface area contributed by atoms with E-state index in [0.717, 1.165) is 0 Å². The first-order chi connectivity index (χ1) is 9.04. The number of rotatable bonds is 5. The zero-order valence-corrected chi connectivity index (χ0v) is 10.5. The summed E-state index contributed by atoms with van der Waals surface area (Å²) in [5, 5.41) is 7.57. The SMILES string of the molecule is C/C(=N\NC=O)c1cccc(/C(C)=N/NC(N)=O)n1. The van der Waals surface area contributed by atoms with E-state index in [1.807, 2.05) is 0 Å². The average molecular weight is 262 g/mol. The number of carbonyl (C=O) groups is 2. The second-order valence-electron chi connectivity index (χ2n) is 3.53. The molecule has 0 aromatic carbocycles. The van der Waals surface area contributed by atoms with E-state index in [1.54, 1.807) is 32.0 Å². The van der Waals surface area contributed by atoms with E-state index in [9.17, 15) is 9.59 Å². The number of amides is 3. The number of hydrogen-bond donors (Lipinski definition) is 3. The molecule has 1 aromatic rings. The van der Waals surface area contributed by atoms with Crippen LogP contribution in [0.15, 0.2) is 28.4 Å². The lowest BCUT2D eigenvalue weighted by atomic mass is 10.2. The van der Waals surface area contributed by atoms with Crippen LogP contribution in [0, 0.1) is 0 Å². The number of nitrogens with zero attached hydrogens (tertiary/aromatic N) is 3. The fourth-order valence-electron chi connectivity index (χ4n) is 1.21. The molecule has 100 valence electrons. The highest BCUT2D eigenvalue weighted by atomic mass is 16.2. The molecule has 1 aromatic heterocycles. The van der Waals surface area contributed by atoms with Crippen molar-refractivity contribution < 1.29 is 9.59 Å². The molecule has 0 saturated heterocycles.